The summed E-state index contributed by atoms with van der Waals surface area (Å²) in [6.07, 6.45) is 1.63. The SMILES string of the molecule is Cn1cc(N)nc1Oc1ccccc1O. The highest BCUT2D eigenvalue weighted by atomic mass is 16.5. The first kappa shape index (κ1) is 9.39. The molecule has 15 heavy (non-hydrogen) atoms. The molecule has 1 heterocycles. The number of nitrogen functional groups attached to an aromatic ring is 1. The zero-order valence-electron chi connectivity index (χ0n) is 8.21. The Morgan fingerprint density at radius 3 is 2.73 bits per heavy atom. The Morgan fingerprint density at radius 1 is 1.40 bits per heavy atom. The van der Waals surface area contributed by atoms with E-state index < -0.39 is 0 Å². The summed E-state index contributed by atoms with van der Waals surface area (Å²) in [7, 11) is 1.76. The second-order valence-electron chi connectivity index (χ2n) is 3.13. The number of phenols is 1. The van der Waals surface area contributed by atoms with Crippen molar-refractivity contribution in [1.29, 1.82) is 0 Å². The fourth-order valence-electron chi connectivity index (χ4n) is 1.21. The third-order valence-electron chi connectivity index (χ3n) is 1.92. The van der Waals surface area contributed by atoms with E-state index in [1.807, 2.05) is 0 Å². The number of phenolic OH excluding ortho intramolecular Hbond substituents is 1. The summed E-state index contributed by atoms with van der Waals surface area (Å²) in [6.45, 7) is 0. The van der Waals surface area contributed by atoms with Crippen LogP contribution in [-0.2, 0) is 7.05 Å². The van der Waals surface area contributed by atoms with Crippen LogP contribution in [0.3, 0.4) is 0 Å². The van der Waals surface area contributed by atoms with Crippen LogP contribution in [0.25, 0.3) is 0 Å². The van der Waals surface area contributed by atoms with Crippen molar-refractivity contribution in [2.75, 3.05) is 5.73 Å². The lowest BCUT2D eigenvalue weighted by atomic mass is 10.3. The van der Waals surface area contributed by atoms with Gasteiger partial charge in [-0.2, -0.15) is 4.98 Å². The molecule has 2 aromatic rings. The predicted molar refractivity (Wildman–Crippen MR) is 55.8 cm³/mol. The number of para-hydroxylation sites is 2. The van der Waals surface area contributed by atoms with E-state index in [1.165, 1.54) is 0 Å². The molecular weight excluding hydrogens is 194 g/mol. The van der Waals surface area contributed by atoms with Gasteiger partial charge in [0.05, 0.1) is 6.20 Å². The maximum absolute atomic E-state index is 9.48. The summed E-state index contributed by atoms with van der Waals surface area (Å²) in [5, 5.41) is 9.48. The van der Waals surface area contributed by atoms with E-state index >= 15 is 0 Å². The van der Waals surface area contributed by atoms with E-state index in [4.69, 9.17) is 10.5 Å². The van der Waals surface area contributed by atoms with Crippen LogP contribution in [0.2, 0.25) is 0 Å². The van der Waals surface area contributed by atoms with Crippen LogP contribution in [0.4, 0.5) is 5.82 Å². The van der Waals surface area contributed by atoms with E-state index in [0.29, 0.717) is 17.6 Å². The summed E-state index contributed by atoms with van der Waals surface area (Å²) in [4.78, 5) is 3.95. The maximum Gasteiger partial charge on any atom is 0.303 e. The molecule has 0 unspecified atom stereocenters. The number of rotatable bonds is 2. The van der Waals surface area contributed by atoms with E-state index in [0.717, 1.165) is 0 Å². The molecule has 78 valence electrons. The summed E-state index contributed by atoms with van der Waals surface area (Å²) >= 11 is 0. The van der Waals surface area contributed by atoms with Gasteiger partial charge in [-0.15, -0.1) is 0 Å². The first-order valence-corrected chi connectivity index (χ1v) is 4.41. The topological polar surface area (TPSA) is 73.3 Å². The summed E-state index contributed by atoms with van der Waals surface area (Å²) < 4.78 is 7.02. The number of imidazole rings is 1. The van der Waals surface area contributed by atoms with Crippen LogP contribution < -0.4 is 10.5 Å². The summed E-state index contributed by atoms with van der Waals surface area (Å²) in [5.74, 6) is 0.799. The quantitative estimate of drug-likeness (QED) is 0.779. The van der Waals surface area contributed by atoms with Gasteiger partial charge in [0.15, 0.2) is 11.5 Å². The number of nitrogens with zero attached hydrogens (tertiary/aromatic N) is 2. The number of aryl methyl sites for hydroxylation is 1. The number of aromatic nitrogens is 2. The van der Waals surface area contributed by atoms with Crippen molar-refractivity contribution in [2.24, 2.45) is 7.05 Å². The van der Waals surface area contributed by atoms with Gasteiger partial charge in [-0.1, -0.05) is 12.1 Å². The van der Waals surface area contributed by atoms with Crippen molar-refractivity contribution >= 4 is 5.82 Å². The molecule has 5 nitrogen and oxygen atoms in total. The molecule has 1 aromatic carbocycles. The van der Waals surface area contributed by atoms with Crippen molar-refractivity contribution in [3.05, 3.63) is 30.5 Å². The molecule has 1 aromatic heterocycles. The van der Waals surface area contributed by atoms with Crippen molar-refractivity contribution in [3.63, 3.8) is 0 Å². The summed E-state index contributed by atoms with van der Waals surface area (Å²) in [5.41, 5.74) is 5.50. The van der Waals surface area contributed by atoms with Crippen LogP contribution in [0.15, 0.2) is 30.5 Å². The molecule has 0 saturated heterocycles. The lowest BCUT2D eigenvalue weighted by Gasteiger charge is -2.05. The summed E-state index contributed by atoms with van der Waals surface area (Å²) in [6, 6.07) is 7.02. The molecule has 3 N–H and O–H groups in total. The lowest BCUT2D eigenvalue weighted by Crippen LogP contribution is -1.93. The Hall–Kier alpha value is -2.17. The third-order valence-corrected chi connectivity index (χ3v) is 1.92. The first-order valence-electron chi connectivity index (χ1n) is 4.41. The van der Waals surface area contributed by atoms with Gasteiger partial charge in [0.2, 0.25) is 0 Å². The number of aromatic hydroxyl groups is 1. The van der Waals surface area contributed by atoms with Gasteiger partial charge in [0.1, 0.15) is 5.82 Å². The minimum Gasteiger partial charge on any atom is -0.504 e. The zero-order chi connectivity index (χ0) is 10.8. The van der Waals surface area contributed by atoms with Gasteiger partial charge < -0.3 is 20.1 Å². The van der Waals surface area contributed by atoms with Gasteiger partial charge in [-0.25, -0.2) is 0 Å². The zero-order valence-corrected chi connectivity index (χ0v) is 8.21. The van der Waals surface area contributed by atoms with Crippen LogP contribution in [0.1, 0.15) is 0 Å². The smallest absolute Gasteiger partial charge is 0.303 e. The fourth-order valence-corrected chi connectivity index (χ4v) is 1.21. The largest absolute Gasteiger partial charge is 0.504 e. The highest BCUT2D eigenvalue weighted by Gasteiger charge is 2.07. The predicted octanol–water partition coefficient (Wildman–Crippen LogP) is 1.50. The van der Waals surface area contributed by atoms with E-state index in [1.54, 1.807) is 42.1 Å². The molecule has 0 saturated carbocycles. The van der Waals surface area contributed by atoms with Crippen LogP contribution in [-0.4, -0.2) is 14.7 Å². The Morgan fingerprint density at radius 2 is 2.13 bits per heavy atom. The fraction of sp³-hybridized carbons (Fsp3) is 0.100. The van der Waals surface area contributed by atoms with Crippen molar-refractivity contribution in [2.45, 2.75) is 0 Å². The molecular formula is C10H11N3O2. The average Bonchev–Trinajstić information content (AvgIpc) is 2.49. The standard InChI is InChI=1S/C10H11N3O2/c1-13-6-9(11)12-10(13)15-8-5-3-2-4-7(8)14/h2-6,14H,11H2,1H3. The number of hydrogen-bond donors (Lipinski definition) is 2. The monoisotopic (exact) mass is 205 g/mol. The number of anilines is 1. The molecule has 0 aliphatic rings. The third kappa shape index (κ3) is 1.85. The van der Waals surface area contributed by atoms with Crippen molar-refractivity contribution < 1.29 is 9.84 Å². The van der Waals surface area contributed by atoms with E-state index in [9.17, 15) is 5.11 Å². The van der Waals surface area contributed by atoms with Gasteiger partial charge in [-0.05, 0) is 12.1 Å². The molecule has 0 atom stereocenters. The molecule has 0 aliphatic heterocycles. The second-order valence-corrected chi connectivity index (χ2v) is 3.13. The second kappa shape index (κ2) is 3.53. The minimum absolute atomic E-state index is 0.0686. The van der Waals surface area contributed by atoms with Crippen molar-refractivity contribution in [1.82, 2.24) is 9.55 Å². The first-order chi connectivity index (χ1) is 7.16. The Bertz CT molecular complexity index is 479. The molecule has 0 amide bonds. The van der Waals surface area contributed by atoms with Gasteiger partial charge in [0, 0.05) is 7.05 Å². The molecule has 0 fully saturated rings. The van der Waals surface area contributed by atoms with Gasteiger partial charge in [0.25, 0.3) is 0 Å². The number of hydrogen-bond acceptors (Lipinski definition) is 4. The Kier molecular flexibility index (Phi) is 2.21. The Labute approximate surface area is 86.7 Å². The molecule has 5 heteroatoms. The van der Waals surface area contributed by atoms with Crippen LogP contribution >= 0.6 is 0 Å². The average molecular weight is 205 g/mol. The highest BCUT2D eigenvalue weighted by molar-refractivity contribution is 5.40. The highest BCUT2D eigenvalue weighted by Crippen LogP contribution is 2.29. The minimum atomic E-state index is 0.0686. The van der Waals surface area contributed by atoms with Crippen LogP contribution in [0.5, 0.6) is 17.5 Å². The van der Waals surface area contributed by atoms with E-state index in [-0.39, 0.29) is 5.75 Å². The normalized spacial score (nSPS) is 10.2. The molecule has 2 rings (SSSR count). The lowest BCUT2D eigenvalue weighted by molar-refractivity contribution is 0.383. The van der Waals surface area contributed by atoms with Gasteiger partial charge >= 0.3 is 6.01 Å². The Balaban J connectivity index is 2.29. The molecule has 0 radical (unpaired) electrons. The van der Waals surface area contributed by atoms with E-state index in [2.05, 4.69) is 4.98 Å². The number of nitrogens with two attached hydrogens (primary N) is 1. The number of benzene rings is 1. The number of ether oxygens (including phenoxy) is 1. The van der Waals surface area contributed by atoms with Crippen LogP contribution in [0, 0.1) is 0 Å². The molecule has 0 bridgehead atoms. The van der Waals surface area contributed by atoms with Crippen molar-refractivity contribution in [3.8, 4) is 17.5 Å². The maximum atomic E-state index is 9.48. The van der Waals surface area contributed by atoms with Gasteiger partial charge in [-0.3, -0.25) is 0 Å². The molecule has 0 spiro atoms. The molecule has 0 aliphatic carbocycles.